The molecule has 0 spiro atoms. The molecular weight excluding hydrogens is 738 g/mol. The van der Waals surface area contributed by atoms with Gasteiger partial charge in [-0.05, 0) is 46.5 Å². The Bertz CT molecular complexity index is 2400. The van der Waals surface area contributed by atoms with E-state index < -0.39 is 59.1 Å². The first-order valence-electron chi connectivity index (χ1n) is 16.4. The zero-order valence-corrected chi connectivity index (χ0v) is 30.6. The van der Waals surface area contributed by atoms with Crippen molar-refractivity contribution in [2.45, 2.75) is 42.0 Å². The number of primary amides is 1. The van der Waals surface area contributed by atoms with Gasteiger partial charge in [-0.3, -0.25) is 23.9 Å². The van der Waals surface area contributed by atoms with Gasteiger partial charge in [0.05, 0.1) is 11.8 Å². The number of aromatic nitrogens is 3. The highest BCUT2D eigenvalue weighted by Crippen LogP contribution is 2.47. The first-order chi connectivity index (χ1) is 25.4. The maximum absolute atomic E-state index is 14.2. The Kier molecular flexibility index (Phi) is 11.5. The lowest BCUT2D eigenvalue weighted by Crippen LogP contribution is -2.54. The molecule has 4 atom stereocenters. The molecule has 0 aliphatic rings. The van der Waals surface area contributed by atoms with Crippen LogP contribution in [0.25, 0.3) is 21.0 Å². The molecule has 6 rings (SSSR count). The summed E-state index contributed by atoms with van der Waals surface area (Å²) in [6.45, 7) is 0. The van der Waals surface area contributed by atoms with E-state index in [1.165, 1.54) is 42.2 Å². The second kappa shape index (κ2) is 16.2. The van der Waals surface area contributed by atoms with E-state index in [4.69, 9.17) is 5.73 Å². The second-order valence-electron chi connectivity index (χ2n) is 12.4. The van der Waals surface area contributed by atoms with Gasteiger partial charge in [-0.25, -0.2) is 13.4 Å². The fraction of sp³-hybridized carbons (Fsp3) is 0.194. The number of carbonyl (C=O) groups is 3. The van der Waals surface area contributed by atoms with E-state index in [-0.39, 0.29) is 29.7 Å². The van der Waals surface area contributed by atoms with Crippen LogP contribution < -0.4 is 21.1 Å². The van der Waals surface area contributed by atoms with Crippen molar-refractivity contribution in [3.63, 3.8) is 0 Å². The average molecular weight is 774 g/mol. The van der Waals surface area contributed by atoms with E-state index >= 15 is 0 Å². The number of hydrogen-bond donors (Lipinski definition) is 6. The predicted octanol–water partition coefficient (Wildman–Crippen LogP) is 3.23. The number of H-pyrrole nitrogens is 1. The van der Waals surface area contributed by atoms with Gasteiger partial charge in [-0.15, -0.1) is 11.3 Å². The molecular formula is C36H36N7O7PS2. The Morgan fingerprint density at radius 3 is 2.42 bits per heavy atom. The lowest BCUT2D eigenvalue weighted by molar-refractivity contribution is -0.130. The minimum Gasteiger partial charge on any atom is -0.368 e. The van der Waals surface area contributed by atoms with Crippen LogP contribution in [-0.2, 0) is 48.2 Å². The molecule has 2 unspecified atom stereocenters. The van der Waals surface area contributed by atoms with Crippen molar-refractivity contribution in [2.75, 3.05) is 6.16 Å². The number of benzene rings is 3. The Hall–Kier alpha value is -5.25. The molecule has 3 aromatic carbocycles. The Labute approximate surface area is 308 Å². The lowest BCUT2D eigenvalue weighted by atomic mass is 10.0. The molecule has 0 saturated carbocycles. The number of aromatic amines is 1. The molecule has 3 heterocycles. The van der Waals surface area contributed by atoms with Crippen LogP contribution in [0.2, 0.25) is 0 Å². The largest absolute Gasteiger partial charge is 0.368 e. The number of para-hydroxylation sites is 1. The number of thiophene rings is 1. The summed E-state index contributed by atoms with van der Waals surface area (Å²) >= 11 is 1.44. The summed E-state index contributed by atoms with van der Waals surface area (Å²) in [5, 5.41) is 8.42. The summed E-state index contributed by atoms with van der Waals surface area (Å²) in [5.41, 5.74) is 7.58. The number of nitrogens with zero attached hydrogens (tertiary/aromatic N) is 2. The van der Waals surface area contributed by atoms with Crippen LogP contribution in [0, 0.1) is 0 Å². The fourth-order valence-electron chi connectivity index (χ4n) is 5.93. The van der Waals surface area contributed by atoms with Crippen molar-refractivity contribution in [3.8, 4) is 0 Å². The van der Waals surface area contributed by atoms with Crippen LogP contribution in [0.3, 0.4) is 0 Å². The third kappa shape index (κ3) is 9.22. The number of carbonyl (C=O) groups excluding carboxylic acids is 3. The zero-order valence-electron chi connectivity index (χ0n) is 28.1. The maximum atomic E-state index is 14.2. The molecule has 0 saturated heterocycles. The highest BCUT2D eigenvalue weighted by Gasteiger charge is 2.38. The number of hydrogen-bond acceptors (Lipinski definition) is 9. The van der Waals surface area contributed by atoms with Crippen LogP contribution in [-0.4, -0.2) is 70.0 Å². The topological polar surface area (TPSA) is 226 Å². The summed E-state index contributed by atoms with van der Waals surface area (Å²) in [6, 6.07) is 21.4. The van der Waals surface area contributed by atoms with Gasteiger partial charge in [0.2, 0.25) is 35.1 Å². The van der Waals surface area contributed by atoms with Crippen molar-refractivity contribution in [1.82, 2.24) is 30.3 Å². The van der Waals surface area contributed by atoms with Crippen LogP contribution in [0.15, 0.2) is 114 Å². The van der Waals surface area contributed by atoms with Crippen LogP contribution in [0.1, 0.15) is 16.8 Å². The van der Waals surface area contributed by atoms with Gasteiger partial charge in [0.25, 0.3) is 0 Å². The third-order valence-corrected chi connectivity index (χ3v) is 13.3. The monoisotopic (exact) mass is 773 g/mol. The van der Waals surface area contributed by atoms with Crippen molar-refractivity contribution in [2.24, 2.45) is 5.73 Å². The molecule has 3 aromatic heterocycles. The van der Waals surface area contributed by atoms with Crippen LogP contribution in [0.4, 0.5) is 0 Å². The SMILES string of the molecule is NC(=O)C(Cc1cnc[nH]1)NC(=O)[C@H](Cc1csc2ccccc12)NC(=O)CP(=O)(O)[C@@H](Cc1ccccc1)NS(=O)(=O)c1cccc2cccnc12. The summed E-state index contributed by atoms with van der Waals surface area (Å²) in [6.07, 6.45) is 3.06. The molecule has 53 heavy (non-hydrogen) atoms. The number of imidazole rings is 1. The number of rotatable bonds is 16. The second-order valence-corrected chi connectivity index (χ2v) is 17.4. The van der Waals surface area contributed by atoms with E-state index in [0.29, 0.717) is 16.6 Å². The molecule has 14 nitrogen and oxygen atoms in total. The van der Waals surface area contributed by atoms with Gasteiger partial charge in [0.1, 0.15) is 28.9 Å². The predicted molar refractivity (Wildman–Crippen MR) is 202 cm³/mol. The van der Waals surface area contributed by atoms with Crippen molar-refractivity contribution in [1.29, 1.82) is 0 Å². The molecule has 0 bridgehead atoms. The molecule has 3 amide bonds. The first kappa shape index (κ1) is 37.5. The van der Waals surface area contributed by atoms with E-state index in [2.05, 4.69) is 30.3 Å². The quantitative estimate of drug-likeness (QED) is 0.0793. The van der Waals surface area contributed by atoms with Gasteiger partial charge in [0.15, 0.2) is 0 Å². The Morgan fingerprint density at radius 2 is 1.66 bits per heavy atom. The minimum atomic E-state index is -4.72. The molecule has 17 heteroatoms. The number of nitrogens with one attached hydrogen (secondary N) is 4. The van der Waals surface area contributed by atoms with Gasteiger partial charge in [-0.1, -0.05) is 66.7 Å². The number of amides is 3. The normalized spacial score (nSPS) is 14.6. The molecule has 274 valence electrons. The number of nitrogens with two attached hydrogens (primary N) is 1. The average Bonchev–Trinajstić information content (AvgIpc) is 3.81. The minimum absolute atomic E-state index is 0.00247. The van der Waals surface area contributed by atoms with Crippen LogP contribution in [0.5, 0.6) is 0 Å². The van der Waals surface area contributed by atoms with Gasteiger partial charge in [0, 0.05) is 41.0 Å². The summed E-state index contributed by atoms with van der Waals surface area (Å²) in [4.78, 5) is 62.2. The molecule has 0 aliphatic carbocycles. The molecule has 0 fully saturated rings. The van der Waals surface area contributed by atoms with E-state index in [1.807, 2.05) is 29.6 Å². The standard InChI is InChI=1S/C36H36N7O7PS2/c37-35(45)28(18-26-19-38-22-40-26)42-36(46)29(17-25-21-52-30-13-5-4-12-27(25)30)41-32(44)20-51(47,48)33(16-23-8-2-1-3-9-23)43-53(49,50)31-14-6-10-24-11-7-15-39-34(24)31/h1-15,19,21-22,28-29,33,43H,16-18,20H2,(H2,37,45)(H,38,40)(H,41,44)(H,42,46)(H,47,48)/t28?,29-,33-/m0/s1. The van der Waals surface area contributed by atoms with Crippen molar-refractivity contribution < 1.29 is 32.3 Å². The van der Waals surface area contributed by atoms with Crippen molar-refractivity contribution in [3.05, 3.63) is 126 Å². The summed E-state index contributed by atoms with van der Waals surface area (Å²) in [7, 11) is -9.17. The molecule has 6 aromatic rings. The van der Waals surface area contributed by atoms with Gasteiger partial charge < -0.3 is 26.2 Å². The van der Waals surface area contributed by atoms with Gasteiger partial charge >= 0.3 is 0 Å². The van der Waals surface area contributed by atoms with E-state index in [1.54, 1.807) is 48.5 Å². The van der Waals surface area contributed by atoms with E-state index in [9.17, 15) is 32.3 Å². The molecule has 7 N–H and O–H groups in total. The first-order valence-corrected chi connectivity index (χ1v) is 20.7. The van der Waals surface area contributed by atoms with Gasteiger partial charge in [-0.2, -0.15) is 4.72 Å². The molecule has 0 radical (unpaired) electrons. The highest BCUT2D eigenvalue weighted by atomic mass is 32.2. The number of pyridine rings is 1. The maximum Gasteiger partial charge on any atom is 0.243 e. The van der Waals surface area contributed by atoms with Crippen LogP contribution >= 0.6 is 18.7 Å². The highest BCUT2D eigenvalue weighted by molar-refractivity contribution is 7.90. The Morgan fingerprint density at radius 1 is 0.906 bits per heavy atom. The number of fused-ring (bicyclic) bond motifs is 2. The van der Waals surface area contributed by atoms with E-state index in [0.717, 1.165) is 15.6 Å². The third-order valence-electron chi connectivity index (χ3n) is 8.58. The molecule has 0 aliphatic heterocycles. The smallest absolute Gasteiger partial charge is 0.243 e. The fourth-order valence-corrected chi connectivity index (χ4v) is 10.4. The summed E-state index contributed by atoms with van der Waals surface area (Å²) in [5.74, 6) is -4.20. The number of sulfonamides is 1. The van der Waals surface area contributed by atoms with Crippen molar-refractivity contribution >= 4 is 67.4 Å². The lowest BCUT2D eigenvalue weighted by Gasteiger charge is -2.26. The Balaban J connectivity index is 1.26. The summed E-state index contributed by atoms with van der Waals surface area (Å²) < 4.78 is 45.2. The zero-order chi connectivity index (χ0) is 37.6.